The fourth-order valence-corrected chi connectivity index (χ4v) is 1.48. The minimum Gasteiger partial charge on any atom is -0.493 e. The summed E-state index contributed by atoms with van der Waals surface area (Å²) in [5.74, 6) is 0.978. The SMILES string of the molecule is CSCCCOc1ccc(C#N)c(F)c1. The molecular weight excluding hydrogens is 213 g/mol. The molecule has 0 atom stereocenters. The molecule has 2 nitrogen and oxygen atoms in total. The highest BCUT2D eigenvalue weighted by atomic mass is 32.2. The maximum atomic E-state index is 13.1. The average molecular weight is 225 g/mol. The Labute approximate surface area is 93.1 Å². The molecule has 0 unspecified atom stereocenters. The molecule has 0 aliphatic heterocycles. The van der Waals surface area contributed by atoms with E-state index in [1.165, 1.54) is 12.1 Å². The zero-order valence-corrected chi connectivity index (χ0v) is 9.31. The molecule has 0 heterocycles. The van der Waals surface area contributed by atoms with E-state index >= 15 is 0 Å². The van der Waals surface area contributed by atoms with Crippen LogP contribution in [0.2, 0.25) is 0 Å². The highest BCUT2D eigenvalue weighted by molar-refractivity contribution is 7.98. The Morgan fingerprint density at radius 2 is 2.33 bits per heavy atom. The second-order valence-electron chi connectivity index (χ2n) is 2.95. The van der Waals surface area contributed by atoms with E-state index in [0.29, 0.717) is 12.4 Å². The van der Waals surface area contributed by atoms with Gasteiger partial charge in [-0.25, -0.2) is 4.39 Å². The summed E-state index contributed by atoms with van der Waals surface area (Å²) in [4.78, 5) is 0. The van der Waals surface area contributed by atoms with E-state index in [1.807, 2.05) is 6.26 Å². The smallest absolute Gasteiger partial charge is 0.144 e. The molecule has 0 saturated carbocycles. The van der Waals surface area contributed by atoms with Crippen LogP contribution < -0.4 is 4.74 Å². The second kappa shape index (κ2) is 6.31. The maximum absolute atomic E-state index is 13.1. The predicted octanol–water partition coefficient (Wildman–Crippen LogP) is 2.83. The highest BCUT2D eigenvalue weighted by Crippen LogP contribution is 2.16. The van der Waals surface area contributed by atoms with E-state index in [2.05, 4.69) is 0 Å². The lowest BCUT2D eigenvalue weighted by Crippen LogP contribution is -1.99. The third-order valence-electron chi connectivity index (χ3n) is 1.82. The monoisotopic (exact) mass is 225 g/mol. The average Bonchev–Trinajstić information content (AvgIpc) is 2.25. The summed E-state index contributed by atoms with van der Waals surface area (Å²) in [5.41, 5.74) is 0.0477. The van der Waals surface area contributed by atoms with Crippen molar-refractivity contribution >= 4 is 11.8 Å². The summed E-state index contributed by atoms with van der Waals surface area (Å²) in [5, 5.41) is 8.52. The van der Waals surface area contributed by atoms with Crippen molar-refractivity contribution in [1.82, 2.24) is 0 Å². The Hall–Kier alpha value is -1.21. The van der Waals surface area contributed by atoms with Gasteiger partial charge in [-0.05, 0) is 30.6 Å². The summed E-state index contributed by atoms with van der Waals surface area (Å²) in [6.45, 7) is 0.576. The van der Waals surface area contributed by atoms with Gasteiger partial charge >= 0.3 is 0 Å². The minimum absolute atomic E-state index is 0.0477. The molecule has 4 heteroatoms. The molecule has 15 heavy (non-hydrogen) atoms. The number of ether oxygens (including phenoxy) is 1. The number of hydrogen-bond acceptors (Lipinski definition) is 3. The Bertz CT molecular complexity index is 362. The first kappa shape index (κ1) is 11.9. The van der Waals surface area contributed by atoms with Gasteiger partial charge in [-0.2, -0.15) is 17.0 Å². The standard InChI is InChI=1S/C11H12FNOS/c1-15-6-2-5-14-10-4-3-9(8-13)11(12)7-10/h3-4,7H,2,5-6H2,1H3. The fraction of sp³-hybridized carbons (Fsp3) is 0.364. The number of benzene rings is 1. The van der Waals surface area contributed by atoms with Crippen molar-refractivity contribution in [3.8, 4) is 11.8 Å². The molecule has 0 N–H and O–H groups in total. The molecule has 0 fully saturated rings. The molecule has 0 aliphatic carbocycles. The predicted molar refractivity (Wildman–Crippen MR) is 59.6 cm³/mol. The van der Waals surface area contributed by atoms with Crippen LogP contribution in [0.25, 0.3) is 0 Å². The van der Waals surface area contributed by atoms with Crippen LogP contribution in [-0.2, 0) is 0 Å². The van der Waals surface area contributed by atoms with Gasteiger partial charge in [0.2, 0.25) is 0 Å². The minimum atomic E-state index is -0.528. The summed E-state index contributed by atoms with van der Waals surface area (Å²) in [6, 6.07) is 6.05. The van der Waals surface area contributed by atoms with Gasteiger partial charge < -0.3 is 4.74 Å². The Kier molecular flexibility index (Phi) is 4.99. The van der Waals surface area contributed by atoms with Gasteiger partial charge in [0.1, 0.15) is 17.6 Å². The van der Waals surface area contributed by atoms with Crippen molar-refractivity contribution in [3.05, 3.63) is 29.6 Å². The van der Waals surface area contributed by atoms with Crippen molar-refractivity contribution in [2.75, 3.05) is 18.6 Å². The quantitative estimate of drug-likeness (QED) is 0.722. The first-order valence-electron chi connectivity index (χ1n) is 4.59. The van der Waals surface area contributed by atoms with Crippen LogP contribution in [0.15, 0.2) is 18.2 Å². The molecule has 80 valence electrons. The lowest BCUT2D eigenvalue weighted by Gasteiger charge is -2.05. The molecule has 0 aliphatic rings. The van der Waals surface area contributed by atoms with Crippen LogP contribution in [0.3, 0.4) is 0 Å². The van der Waals surface area contributed by atoms with Gasteiger partial charge in [0.15, 0.2) is 0 Å². The first-order valence-corrected chi connectivity index (χ1v) is 5.98. The molecular formula is C11H12FNOS. The molecule has 1 aromatic rings. The normalized spacial score (nSPS) is 9.67. The summed E-state index contributed by atoms with van der Waals surface area (Å²) in [6.07, 6.45) is 2.96. The van der Waals surface area contributed by atoms with E-state index in [4.69, 9.17) is 10.00 Å². The number of halogens is 1. The molecule has 0 saturated heterocycles. The van der Waals surface area contributed by atoms with E-state index in [9.17, 15) is 4.39 Å². The van der Waals surface area contributed by atoms with Crippen molar-refractivity contribution < 1.29 is 9.13 Å². The van der Waals surface area contributed by atoms with Crippen LogP contribution >= 0.6 is 11.8 Å². The van der Waals surface area contributed by atoms with Crippen LogP contribution in [0.1, 0.15) is 12.0 Å². The molecule has 1 aromatic carbocycles. The molecule has 0 spiro atoms. The Balaban J connectivity index is 2.49. The summed E-state index contributed by atoms with van der Waals surface area (Å²) < 4.78 is 18.4. The highest BCUT2D eigenvalue weighted by Gasteiger charge is 2.02. The number of thioether (sulfide) groups is 1. The number of hydrogen-bond donors (Lipinski definition) is 0. The van der Waals surface area contributed by atoms with Crippen LogP contribution in [-0.4, -0.2) is 18.6 Å². The van der Waals surface area contributed by atoms with E-state index in [0.717, 1.165) is 12.2 Å². The largest absolute Gasteiger partial charge is 0.493 e. The number of rotatable bonds is 5. The van der Waals surface area contributed by atoms with Crippen LogP contribution in [0.5, 0.6) is 5.75 Å². The van der Waals surface area contributed by atoms with Gasteiger partial charge in [-0.3, -0.25) is 0 Å². The number of nitrogens with zero attached hydrogens (tertiary/aromatic N) is 1. The first-order chi connectivity index (χ1) is 7.27. The molecule has 0 aromatic heterocycles. The fourth-order valence-electron chi connectivity index (χ4n) is 1.07. The topological polar surface area (TPSA) is 33.0 Å². The van der Waals surface area contributed by atoms with Gasteiger partial charge in [0.05, 0.1) is 12.2 Å². The molecule has 0 bridgehead atoms. The van der Waals surface area contributed by atoms with Crippen LogP contribution in [0.4, 0.5) is 4.39 Å². The van der Waals surface area contributed by atoms with Crippen molar-refractivity contribution in [1.29, 1.82) is 5.26 Å². The van der Waals surface area contributed by atoms with E-state index in [1.54, 1.807) is 23.9 Å². The van der Waals surface area contributed by atoms with Gasteiger partial charge in [-0.1, -0.05) is 0 Å². The third-order valence-corrected chi connectivity index (χ3v) is 2.52. The van der Waals surface area contributed by atoms with Gasteiger partial charge in [0, 0.05) is 6.07 Å². The Morgan fingerprint density at radius 3 is 2.93 bits per heavy atom. The summed E-state index contributed by atoms with van der Waals surface area (Å²) in [7, 11) is 0. The molecule has 0 amide bonds. The van der Waals surface area contributed by atoms with Gasteiger partial charge in [0.25, 0.3) is 0 Å². The van der Waals surface area contributed by atoms with E-state index in [-0.39, 0.29) is 5.56 Å². The van der Waals surface area contributed by atoms with Crippen molar-refractivity contribution in [2.24, 2.45) is 0 Å². The van der Waals surface area contributed by atoms with Crippen molar-refractivity contribution in [2.45, 2.75) is 6.42 Å². The second-order valence-corrected chi connectivity index (χ2v) is 3.93. The van der Waals surface area contributed by atoms with Crippen molar-refractivity contribution in [3.63, 3.8) is 0 Å². The summed E-state index contributed by atoms with van der Waals surface area (Å²) >= 11 is 1.75. The zero-order chi connectivity index (χ0) is 11.1. The Morgan fingerprint density at radius 1 is 1.53 bits per heavy atom. The lowest BCUT2D eigenvalue weighted by molar-refractivity contribution is 0.317. The lowest BCUT2D eigenvalue weighted by atomic mass is 10.2. The van der Waals surface area contributed by atoms with E-state index < -0.39 is 5.82 Å². The van der Waals surface area contributed by atoms with Crippen LogP contribution in [0, 0.1) is 17.1 Å². The number of nitriles is 1. The zero-order valence-electron chi connectivity index (χ0n) is 8.50. The molecule has 0 radical (unpaired) electrons. The molecule has 1 rings (SSSR count). The van der Waals surface area contributed by atoms with Gasteiger partial charge in [-0.15, -0.1) is 0 Å². The maximum Gasteiger partial charge on any atom is 0.144 e. The third kappa shape index (κ3) is 3.80.